The van der Waals surface area contributed by atoms with Crippen LogP contribution in [0.4, 0.5) is 0 Å². The molecule has 1 fully saturated rings. The lowest BCUT2D eigenvalue weighted by Crippen LogP contribution is -2.11. The monoisotopic (exact) mass is 259 g/mol. The Morgan fingerprint density at radius 1 is 1.32 bits per heavy atom. The number of hydrogen-bond acceptors (Lipinski definition) is 3. The van der Waals surface area contributed by atoms with E-state index in [2.05, 4.69) is 0 Å². The lowest BCUT2D eigenvalue weighted by atomic mass is 10.1. The van der Waals surface area contributed by atoms with Gasteiger partial charge < -0.3 is 9.64 Å². The van der Waals surface area contributed by atoms with Gasteiger partial charge in [0.1, 0.15) is 5.75 Å². The summed E-state index contributed by atoms with van der Waals surface area (Å²) in [6.07, 6.45) is 8.39. The van der Waals surface area contributed by atoms with Gasteiger partial charge in [-0.15, -0.1) is 0 Å². The van der Waals surface area contributed by atoms with Gasteiger partial charge in [0.15, 0.2) is 5.78 Å². The first kappa shape index (κ1) is 13.7. The van der Waals surface area contributed by atoms with Crippen LogP contribution >= 0.6 is 0 Å². The number of ether oxygens (including phenoxy) is 1. The van der Waals surface area contributed by atoms with Crippen molar-refractivity contribution in [1.29, 1.82) is 0 Å². The molecule has 2 rings (SSSR count). The second-order valence-corrected chi connectivity index (χ2v) is 5.20. The number of rotatable bonds is 5. The van der Waals surface area contributed by atoms with Crippen LogP contribution in [0.15, 0.2) is 36.5 Å². The largest absolute Gasteiger partial charge is 0.490 e. The van der Waals surface area contributed by atoms with Gasteiger partial charge in [-0.2, -0.15) is 0 Å². The minimum atomic E-state index is 0.00516. The van der Waals surface area contributed by atoms with Crippen molar-refractivity contribution in [3.8, 4) is 5.75 Å². The molecule has 0 amide bonds. The molecule has 0 unspecified atom stereocenters. The van der Waals surface area contributed by atoms with E-state index in [1.165, 1.54) is 12.8 Å². The summed E-state index contributed by atoms with van der Waals surface area (Å²) in [5.41, 5.74) is 0.675. The lowest BCUT2D eigenvalue weighted by Gasteiger charge is -2.13. The van der Waals surface area contributed by atoms with Crippen LogP contribution in [0.5, 0.6) is 5.75 Å². The highest BCUT2D eigenvalue weighted by Gasteiger charge is 2.16. The third-order valence-electron chi connectivity index (χ3n) is 3.25. The minimum Gasteiger partial charge on any atom is -0.490 e. The highest BCUT2D eigenvalue weighted by Crippen LogP contribution is 2.24. The second-order valence-electron chi connectivity index (χ2n) is 5.20. The average molecular weight is 259 g/mol. The van der Waals surface area contributed by atoms with E-state index in [1.807, 2.05) is 43.3 Å². The van der Waals surface area contributed by atoms with Crippen LogP contribution in [0.2, 0.25) is 0 Å². The van der Waals surface area contributed by atoms with Crippen molar-refractivity contribution in [2.75, 3.05) is 14.1 Å². The van der Waals surface area contributed by atoms with Gasteiger partial charge >= 0.3 is 0 Å². The molecule has 0 bridgehead atoms. The summed E-state index contributed by atoms with van der Waals surface area (Å²) in [6, 6.07) is 7.45. The van der Waals surface area contributed by atoms with Crippen molar-refractivity contribution in [3.63, 3.8) is 0 Å². The van der Waals surface area contributed by atoms with Gasteiger partial charge in [-0.3, -0.25) is 4.79 Å². The van der Waals surface area contributed by atoms with E-state index in [9.17, 15) is 4.79 Å². The number of nitrogens with zero attached hydrogens (tertiary/aromatic N) is 1. The lowest BCUT2D eigenvalue weighted by molar-refractivity contribution is 0.104. The van der Waals surface area contributed by atoms with Crippen molar-refractivity contribution in [1.82, 2.24) is 4.90 Å². The van der Waals surface area contributed by atoms with Gasteiger partial charge in [0.2, 0.25) is 0 Å². The van der Waals surface area contributed by atoms with Crippen molar-refractivity contribution in [2.45, 2.75) is 31.8 Å². The van der Waals surface area contributed by atoms with Gasteiger partial charge in [-0.25, -0.2) is 0 Å². The van der Waals surface area contributed by atoms with E-state index < -0.39 is 0 Å². The summed E-state index contributed by atoms with van der Waals surface area (Å²) < 4.78 is 5.90. The van der Waals surface area contributed by atoms with E-state index in [0.29, 0.717) is 11.7 Å². The molecule has 0 heterocycles. The Bertz CT molecular complexity index is 460. The summed E-state index contributed by atoms with van der Waals surface area (Å²) in [5.74, 6) is 0.807. The van der Waals surface area contributed by atoms with Gasteiger partial charge in [0.05, 0.1) is 6.10 Å². The molecule has 1 aromatic carbocycles. The summed E-state index contributed by atoms with van der Waals surface area (Å²) >= 11 is 0. The molecule has 1 saturated carbocycles. The fourth-order valence-corrected chi connectivity index (χ4v) is 2.23. The van der Waals surface area contributed by atoms with Crippen molar-refractivity contribution in [3.05, 3.63) is 42.1 Å². The Morgan fingerprint density at radius 2 is 2.05 bits per heavy atom. The molecule has 1 aliphatic rings. The van der Waals surface area contributed by atoms with Crippen LogP contribution in [-0.4, -0.2) is 30.9 Å². The summed E-state index contributed by atoms with van der Waals surface area (Å²) in [4.78, 5) is 13.8. The predicted octanol–water partition coefficient (Wildman–Crippen LogP) is 3.27. The zero-order valence-electron chi connectivity index (χ0n) is 11.6. The first-order chi connectivity index (χ1) is 9.15. The molecule has 0 radical (unpaired) electrons. The van der Waals surface area contributed by atoms with E-state index in [4.69, 9.17) is 4.74 Å². The molecule has 0 aromatic heterocycles. The summed E-state index contributed by atoms with van der Waals surface area (Å²) in [5, 5.41) is 0. The standard InChI is InChI=1S/C16H21NO2/c1-17(2)11-10-16(18)13-6-5-9-15(12-13)19-14-7-3-4-8-14/h5-6,9-12,14H,3-4,7-8H2,1-2H3/b11-10+. The van der Waals surface area contributed by atoms with Crippen molar-refractivity contribution >= 4 is 5.78 Å². The number of allylic oxidation sites excluding steroid dienone is 1. The summed E-state index contributed by atoms with van der Waals surface area (Å²) in [7, 11) is 3.78. The van der Waals surface area contributed by atoms with E-state index >= 15 is 0 Å². The number of carbonyl (C=O) groups excluding carboxylic acids is 1. The average Bonchev–Trinajstić information content (AvgIpc) is 2.89. The van der Waals surface area contributed by atoms with Gasteiger partial charge in [-0.05, 0) is 37.8 Å². The molecule has 3 heteroatoms. The number of ketones is 1. The van der Waals surface area contributed by atoms with E-state index in [1.54, 1.807) is 12.3 Å². The third kappa shape index (κ3) is 4.12. The zero-order valence-corrected chi connectivity index (χ0v) is 11.6. The van der Waals surface area contributed by atoms with E-state index in [-0.39, 0.29) is 5.78 Å². The van der Waals surface area contributed by atoms with Crippen LogP contribution in [0.25, 0.3) is 0 Å². The van der Waals surface area contributed by atoms with Crippen LogP contribution in [0, 0.1) is 0 Å². The molecular formula is C16H21NO2. The summed E-state index contributed by atoms with van der Waals surface area (Å²) in [6.45, 7) is 0. The highest BCUT2D eigenvalue weighted by molar-refractivity contribution is 6.04. The first-order valence-corrected chi connectivity index (χ1v) is 6.81. The Balaban J connectivity index is 2.03. The molecule has 0 aliphatic heterocycles. The SMILES string of the molecule is CN(C)/C=C/C(=O)c1cccc(OC2CCCC2)c1. The van der Waals surface area contributed by atoms with Crippen LogP contribution in [-0.2, 0) is 0 Å². The Morgan fingerprint density at radius 3 is 2.74 bits per heavy atom. The molecule has 1 aromatic rings. The second kappa shape index (κ2) is 6.41. The van der Waals surface area contributed by atoms with Crippen molar-refractivity contribution < 1.29 is 9.53 Å². The fraction of sp³-hybridized carbons (Fsp3) is 0.438. The third-order valence-corrected chi connectivity index (χ3v) is 3.25. The fourth-order valence-electron chi connectivity index (χ4n) is 2.23. The molecule has 0 atom stereocenters. The quantitative estimate of drug-likeness (QED) is 0.600. The molecule has 1 aliphatic carbocycles. The minimum absolute atomic E-state index is 0.00516. The number of carbonyl (C=O) groups is 1. The maximum Gasteiger partial charge on any atom is 0.187 e. The zero-order chi connectivity index (χ0) is 13.7. The van der Waals surface area contributed by atoms with Crippen molar-refractivity contribution in [2.24, 2.45) is 0 Å². The Hall–Kier alpha value is -1.77. The highest BCUT2D eigenvalue weighted by atomic mass is 16.5. The number of benzene rings is 1. The normalized spacial score (nSPS) is 15.9. The molecule has 0 saturated heterocycles. The van der Waals surface area contributed by atoms with Crippen LogP contribution in [0.1, 0.15) is 36.0 Å². The smallest absolute Gasteiger partial charge is 0.187 e. The van der Waals surface area contributed by atoms with Crippen LogP contribution < -0.4 is 4.74 Å². The van der Waals surface area contributed by atoms with E-state index in [0.717, 1.165) is 18.6 Å². The topological polar surface area (TPSA) is 29.5 Å². The Kier molecular flexibility index (Phi) is 4.61. The van der Waals surface area contributed by atoms with Crippen LogP contribution in [0.3, 0.4) is 0 Å². The molecular weight excluding hydrogens is 238 g/mol. The Labute approximate surface area is 114 Å². The predicted molar refractivity (Wildman–Crippen MR) is 76.5 cm³/mol. The van der Waals surface area contributed by atoms with Gasteiger partial charge in [0.25, 0.3) is 0 Å². The first-order valence-electron chi connectivity index (χ1n) is 6.81. The molecule has 102 valence electrons. The maximum atomic E-state index is 12.0. The van der Waals surface area contributed by atoms with Gasteiger partial charge in [-0.1, -0.05) is 12.1 Å². The molecule has 0 N–H and O–H groups in total. The van der Waals surface area contributed by atoms with Gasteiger partial charge in [0, 0.05) is 31.9 Å². The maximum absolute atomic E-state index is 12.0. The molecule has 19 heavy (non-hydrogen) atoms. The molecule has 0 spiro atoms. The molecule has 3 nitrogen and oxygen atoms in total. The number of hydrogen-bond donors (Lipinski definition) is 0.